The van der Waals surface area contributed by atoms with Gasteiger partial charge in [-0.2, -0.15) is 11.3 Å². The zero-order chi connectivity index (χ0) is 13.1. The highest BCUT2D eigenvalue weighted by atomic mass is 35.5. The molecule has 2 aromatic heterocycles. The molecule has 1 saturated heterocycles. The number of nitrogens with one attached hydrogen (secondary N) is 1. The first-order valence-corrected chi connectivity index (χ1v) is 8.54. The average molecular weight is 330 g/mol. The van der Waals surface area contributed by atoms with E-state index in [4.69, 9.17) is 4.98 Å². The number of hydrogen-bond donors (Lipinski definition) is 1. The maximum absolute atomic E-state index is 4.77. The molecular formula is C14H20ClN3S2. The normalized spacial score (nSPS) is 19.1. The highest BCUT2D eigenvalue weighted by Crippen LogP contribution is 2.27. The molecule has 0 saturated carbocycles. The zero-order valence-electron chi connectivity index (χ0n) is 11.5. The minimum atomic E-state index is 0. The monoisotopic (exact) mass is 329 g/mol. The van der Waals surface area contributed by atoms with Crippen molar-refractivity contribution in [1.29, 1.82) is 0 Å². The van der Waals surface area contributed by atoms with Gasteiger partial charge in [0.25, 0.3) is 0 Å². The summed E-state index contributed by atoms with van der Waals surface area (Å²) in [5, 5.41) is 10.9. The van der Waals surface area contributed by atoms with E-state index in [9.17, 15) is 0 Å². The van der Waals surface area contributed by atoms with Crippen LogP contribution in [-0.4, -0.2) is 36.1 Å². The lowest BCUT2D eigenvalue weighted by Gasteiger charge is -2.23. The van der Waals surface area contributed by atoms with Gasteiger partial charge in [-0.15, -0.1) is 23.7 Å². The number of thiazole rings is 1. The number of nitrogens with zero attached hydrogens (tertiary/aromatic N) is 2. The van der Waals surface area contributed by atoms with Crippen LogP contribution in [0.3, 0.4) is 0 Å². The number of halogens is 1. The molecule has 1 atom stereocenters. The predicted octanol–water partition coefficient (Wildman–Crippen LogP) is 3.48. The van der Waals surface area contributed by atoms with Gasteiger partial charge in [-0.1, -0.05) is 0 Å². The van der Waals surface area contributed by atoms with E-state index in [0.29, 0.717) is 6.04 Å². The van der Waals surface area contributed by atoms with Crippen LogP contribution >= 0.6 is 35.1 Å². The zero-order valence-corrected chi connectivity index (χ0v) is 14.0. The van der Waals surface area contributed by atoms with Crippen molar-refractivity contribution in [3.05, 3.63) is 27.9 Å². The lowest BCUT2D eigenvalue weighted by molar-refractivity contribution is 0.240. The lowest BCUT2D eigenvalue weighted by Crippen LogP contribution is -2.36. The van der Waals surface area contributed by atoms with E-state index >= 15 is 0 Å². The molecule has 2 aromatic rings. The van der Waals surface area contributed by atoms with Crippen molar-refractivity contribution in [2.24, 2.45) is 0 Å². The number of rotatable bonds is 5. The van der Waals surface area contributed by atoms with Gasteiger partial charge < -0.3 is 5.32 Å². The molecule has 3 heterocycles. The summed E-state index contributed by atoms with van der Waals surface area (Å²) < 4.78 is 0. The van der Waals surface area contributed by atoms with Crippen molar-refractivity contribution in [2.75, 3.05) is 20.1 Å². The molecule has 0 aromatic carbocycles. The van der Waals surface area contributed by atoms with Gasteiger partial charge in [0, 0.05) is 35.5 Å². The first kappa shape index (κ1) is 15.9. The van der Waals surface area contributed by atoms with E-state index in [0.717, 1.165) is 18.1 Å². The summed E-state index contributed by atoms with van der Waals surface area (Å²) >= 11 is 3.49. The fraction of sp³-hybridized carbons (Fsp3) is 0.500. The molecule has 110 valence electrons. The molecule has 0 radical (unpaired) electrons. The van der Waals surface area contributed by atoms with E-state index < -0.39 is 0 Å². The Morgan fingerprint density at radius 3 is 3.10 bits per heavy atom. The van der Waals surface area contributed by atoms with Crippen LogP contribution in [0, 0.1) is 0 Å². The Bertz CT molecular complexity index is 512. The van der Waals surface area contributed by atoms with E-state index in [1.54, 1.807) is 22.7 Å². The number of aromatic nitrogens is 1. The SMILES string of the molecule is CNCC1CCCN1Cc1csc(-c2ccsc2)n1.Cl. The topological polar surface area (TPSA) is 28.2 Å². The largest absolute Gasteiger partial charge is 0.318 e. The molecule has 20 heavy (non-hydrogen) atoms. The molecule has 1 unspecified atom stereocenters. The van der Waals surface area contributed by atoms with E-state index in [-0.39, 0.29) is 12.4 Å². The second-order valence-electron chi connectivity index (χ2n) is 4.98. The van der Waals surface area contributed by atoms with Crippen LogP contribution in [0.4, 0.5) is 0 Å². The van der Waals surface area contributed by atoms with Crippen LogP contribution in [0.1, 0.15) is 18.5 Å². The second kappa shape index (κ2) is 7.52. The van der Waals surface area contributed by atoms with Crippen molar-refractivity contribution in [2.45, 2.75) is 25.4 Å². The number of hydrogen-bond acceptors (Lipinski definition) is 5. The highest BCUT2D eigenvalue weighted by Gasteiger charge is 2.24. The van der Waals surface area contributed by atoms with E-state index in [1.807, 2.05) is 7.05 Å². The maximum atomic E-state index is 4.77. The lowest BCUT2D eigenvalue weighted by atomic mass is 10.2. The van der Waals surface area contributed by atoms with Gasteiger partial charge in [-0.25, -0.2) is 4.98 Å². The first-order valence-electron chi connectivity index (χ1n) is 6.72. The summed E-state index contributed by atoms with van der Waals surface area (Å²) in [5.74, 6) is 0. The summed E-state index contributed by atoms with van der Waals surface area (Å²) in [7, 11) is 2.04. The van der Waals surface area contributed by atoms with Crippen molar-refractivity contribution in [1.82, 2.24) is 15.2 Å². The van der Waals surface area contributed by atoms with Crippen molar-refractivity contribution < 1.29 is 0 Å². The fourth-order valence-electron chi connectivity index (χ4n) is 2.68. The summed E-state index contributed by atoms with van der Waals surface area (Å²) in [5.41, 5.74) is 2.48. The van der Waals surface area contributed by atoms with Gasteiger partial charge in [0.15, 0.2) is 0 Å². The van der Waals surface area contributed by atoms with Gasteiger partial charge in [0.2, 0.25) is 0 Å². The number of thiophene rings is 1. The minimum Gasteiger partial charge on any atom is -0.318 e. The second-order valence-corrected chi connectivity index (χ2v) is 6.62. The molecule has 1 aliphatic heterocycles. The predicted molar refractivity (Wildman–Crippen MR) is 90.0 cm³/mol. The number of likely N-dealkylation sites (N-methyl/N-ethyl adjacent to an activating group) is 1. The Kier molecular flexibility index (Phi) is 5.99. The Morgan fingerprint density at radius 1 is 1.45 bits per heavy atom. The molecule has 6 heteroatoms. The molecule has 0 amide bonds. The Labute approximate surface area is 134 Å². The molecule has 3 nitrogen and oxygen atoms in total. The van der Waals surface area contributed by atoms with Crippen molar-refractivity contribution in [3.63, 3.8) is 0 Å². The molecule has 0 bridgehead atoms. The molecule has 0 aliphatic carbocycles. The van der Waals surface area contributed by atoms with E-state index in [1.165, 1.54) is 30.6 Å². The molecule has 1 aliphatic rings. The summed E-state index contributed by atoms with van der Waals surface area (Å²) in [6, 6.07) is 2.82. The third-order valence-corrected chi connectivity index (χ3v) is 5.25. The van der Waals surface area contributed by atoms with Gasteiger partial charge >= 0.3 is 0 Å². The van der Waals surface area contributed by atoms with Crippen molar-refractivity contribution >= 4 is 35.1 Å². The first-order chi connectivity index (χ1) is 9.36. The van der Waals surface area contributed by atoms with Gasteiger partial charge in [0.1, 0.15) is 5.01 Å². The smallest absolute Gasteiger partial charge is 0.124 e. The third-order valence-electron chi connectivity index (χ3n) is 3.62. The van der Waals surface area contributed by atoms with E-state index in [2.05, 4.69) is 32.4 Å². The van der Waals surface area contributed by atoms with Gasteiger partial charge in [0.05, 0.1) is 5.69 Å². The quantitative estimate of drug-likeness (QED) is 0.910. The van der Waals surface area contributed by atoms with Gasteiger partial charge in [-0.3, -0.25) is 4.90 Å². The van der Waals surface area contributed by atoms with Crippen LogP contribution in [0.15, 0.2) is 22.2 Å². The minimum absolute atomic E-state index is 0. The van der Waals surface area contributed by atoms with Crippen LogP contribution < -0.4 is 5.32 Å². The van der Waals surface area contributed by atoms with Gasteiger partial charge in [-0.05, 0) is 37.9 Å². The molecule has 1 N–H and O–H groups in total. The highest BCUT2D eigenvalue weighted by molar-refractivity contribution is 7.14. The van der Waals surface area contributed by atoms with Crippen LogP contribution in [0.5, 0.6) is 0 Å². The molecular weight excluding hydrogens is 310 g/mol. The Morgan fingerprint density at radius 2 is 2.35 bits per heavy atom. The van der Waals surface area contributed by atoms with Crippen molar-refractivity contribution in [3.8, 4) is 10.6 Å². The average Bonchev–Trinajstić information content (AvgIpc) is 3.12. The third kappa shape index (κ3) is 3.59. The Hall–Kier alpha value is -0.460. The summed E-state index contributed by atoms with van der Waals surface area (Å²) in [4.78, 5) is 7.33. The molecule has 3 rings (SSSR count). The summed E-state index contributed by atoms with van der Waals surface area (Å²) in [6.45, 7) is 3.28. The Balaban J connectivity index is 0.00000147. The fourth-order valence-corrected chi connectivity index (χ4v) is 4.20. The molecule has 1 fully saturated rings. The van der Waals surface area contributed by atoms with Crippen LogP contribution in [-0.2, 0) is 6.54 Å². The van der Waals surface area contributed by atoms with Crippen LogP contribution in [0.25, 0.3) is 10.6 Å². The maximum Gasteiger partial charge on any atom is 0.124 e. The standard InChI is InChI=1S/C14H19N3S2.ClH/c1-15-7-13-3-2-5-17(13)8-12-10-19-14(16-12)11-4-6-18-9-11;/h4,6,9-10,13,15H,2-3,5,7-8H2,1H3;1H. The van der Waals surface area contributed by atoms with Crippen LogP contribution in [0.2, 0.25) is 0 Å². The molecule has 0 spiro atoms. The number of likely N-dealkylation sites (tertiary alicyclic amines) is 1. The summed E-state index contributed by atoms with van der Waals surface area (Å²) in [6.07, 6.45) is 2.62.